The fourth-order valence-electron chi connectivity index (χ4n) is 3.54. The molecule has 0 saturated carbocycles. The number of thiazole rings is 1. The zero-order valence-corrected chi connectivity index (χ0v) is 21.9. The maximum Gasteiger partial charge on any atom is 0.194 e. The van der Waals surface area contributed by atoms with Crippen LogP contribution < -0.4 is 5.32 Å². The number of aliphatic imine (C=N–C) groups is 1. The summed E-state index contributed by atoms with van der Waals surface area (Å²) in [5, 5.41) is 4.52. The van der Waals surface area contributed by atoms with Crippen molar-refractivity contribution < 1.29 is 9.47 Å². The SMILES string of the molecule is CCNC(=NCc1sc(-c2ccccc2)nc1C)N1CCC(OCCCOC)CC1.I. The molecule has 31 heavy (non-hydrogen) atoms. The van der Waals surface area contributed by atoms with Gasteiger partial charge in [-0.25, -0.2) is 9.98 Å². The normalized spacial score (nSPS) is 15.1. The highest BCUT2D eigenvalue weighted by molar-refractivity contribution is 14.0. The molecular weight excluding hydrogens is 523 g/mol. The second kappa shape index (κ2) is 14.0. The van der Waals surface area contributed by atoms with Crippen molar-refractivity contribution in [2.45, 2.75) is 45.8 Å². The van der Waals surface area contributed by atoms with E-state index in [0.717, 1.165) is 68.8 Å². The van der Waals surface area contributed by atoms with Gasteiger partial charge in [0.1, 0.15) is 5.01 Å². The molecule has 0 bridgehead atoms. The number of nitrogens with one attached hydrogen (secondary N) is 1. The van der Waals surface area contributed by atoms with E-state index < -0.39 is 0 Å². The van der Waals surface area contributed by atoms with Gasteiger partial charge in [0.05, 0.1) is 18.3 Å². The smallest absolute Gasteiger partial charge is 0.194 e. The zero-order chi connectivity index (χ0) is 21.2. The summed E-state index contributed by atoms with van der Waals surface area (Å²) in [6.07, 6.45) is 3.38. The van der Waals surface area contributed by atoms with E-state index in [2.05, 4.69) is 48.3 Å². The largest absolute Gasteiger partial charge is 0.385 e. The van der Waals surface area contributed by atoms with Gasteiger partial charge in [0.2, 0.25) is 0 Å². The number of rotatable bonds is 9. The van der Waals surface area contributed by atoms with E-state index >= 15 is 0 Å². The number of guanidine groups is 1. The van der Waals surface area contributed by atoms with Crippen LogP contribution in [0, 0.1) is 6.92 Å². The quantitative estimate of drug-likeness (QED) is 0.209. The molecule has 3 rings (SSSR count). The van der Waals surface area contributed by atoms with Crippen molar-refractivity contribution in [3.63, 3.8) is 0 Å². The minimum atomic E-state index is 0. The molecule has 1 aliphatic heterocycles. The molecule has 0 amide bonds. The molecule has 1 aromatic heterocycles. The summed E-state index contributed by atoms with van der Waals surface area (Å²) in [5.74, 6) is 0.990. The lowest BCUT2D eigenvalue weighted by Gasteiger charge is -2.34. The number of nitrogens with zero attached hydrogens (tertiary/aromatic N) is 3. The number of halogens is 1. The van der Waals surface area contributed by atoms with Gasteiger partial charge in [-0.05, 0) is 33.1 Å². The fraction of sp³-hybridized carbons (Fsp3) is 0.565. The zero-order valence-electron chi connectivity index (χ0n) is 18.8. The number of piperidine rings is 1. The number of hydrogen-bond donors (Lipinski definition) is 1. The van der Waals surface area contributed by atoms with E-state index in [1.807, 2.05) is 6.07 Å². The molecule has 1 N–H and O–H groups in total. The summed E-state index contributed by atoms with van der Waals surface area (Å²) >= 11 is 1.74. The third-order valence-electron chi connectivity index (χ3n) is 5.21. The lowest BCUT2D eigenvalue weighted by atomic mass is 10.1. The minimum absolute atomic E-state index is 0. The molecule has 1 aromatic carbocycles. The highest BCUT2D eigenvalue weighted by Gasteiger charge is 2.22. The van der Waals surface area contributed by atoms with Crippen LogP contribution in [-0.4, -0.2) is 61.9 Å². The average Bonchev–Trinajstić information content (AvgIpc) is 3.16. The molecule has 0 atom stereocenters. The van der Waals surface area contributed by atoms with Crippen molar-refractivity contribution in [3.05, 3.63) is 40.9 Å². The monoisotopic (exact) mass is 558 g/mol. The van der Waals surface area contributed by atoms with Gasteiger partial charge < -0.3 is 19.7 Å². The van der Waals surface area contributed by atoms with Gasteiger partial charge in [0.25, 0.3) is 0 Å². The third-order valence-corrected chi connectivity index (χ3v) is 6.40. The van der Waals surface area contributed by atoms with E-state index in [0.29, 0.717) is 12.6 Å². The second-order valence-corrected chi connectivity index (χ2v) is 8.55. The fourth-order valence-corrected chi connectivity index (χ4v) is 4.53. The van der Waals surface area contributed by atoms with Gasteiger partial charge in [-0.1, -0.05) is 30.3 Å². The van der Waals surface area contributed by atoms with Crippen LogP contribution in [0.1, 0.15) is 36.8 Å². The first kappa shape index (κ1) is 26.0. The Kier molecular flexibility index (Phi) is 11.8. The first-order valence-electron chi connectivity index (χ1n) is 10.9. The van der Waals surface area contributed by atoms with Crippen LogP contribution in [-0.2, 0) is 16.0 Å². The Hall–Kier alpha value is -1.23. The summed E-state index contributed by atoms with van der Waals surface area (Å²) in [6.45, 7) is 9.20. The number of benzene rings is 1. The summed E-state index contributed by atoms with van der Waals surface area (Å²) in [7, 11) is 1.73. The molecule has 1 saturated heterocycles. The van der Waals surface area contributed by atoms with Crippen LogP contribution >= 0.6 is 35.3 Å². The standard InChI is InChI=1S/C23H34N4O2S.HI/c1-4-24-23(27-13-11-20(12-14-27)29-16-8-15-28-3)25-17-21-18(2)26-22(30-21)19-9-6-5-7-10-19;/h5-7,9-10,20H,4,8,11-17H2,1-3H3,(H,24,25);1H. The van der Waals surface area contributed by atoms with E-state index in [1.165, 1.54) is 10.4 Å². The molecule has 1 aliphatic rings. The number of aromatic nitrogens is 1. The minimum Gasteiger partial charge on any atom is -0.385 e. The molecule has 0 radical (unpaired) electrons. The van der Waals surface area contributed by atoms with Crippen LogP contribution in [0.4, 0.5) is 0 Å². The van der Waals surface area contributed by atoms with Crippen LogP contribution in [0.2, 0.25) is 0 Å². The van der Waals surface area contributed by atoms with E-state index in [9.17, 15) is 0 Å². The first-order valence-corrected chi connectivity index (χ1v) is 11.7. The summed E-state index contributed by atoms with van der Waals surface area (Å²) in [5.41, 5.74) is 2.24. The van der Waals surface area contributed by atoms with Crippen LogP contribution in [0.25, 0.3) is 10.6 Å². The van der Waals surface area contributed by atoms with Gasteiger partial charge in [0, 0.05) is 50.4 Å². The van der Waals surface area contributed by atoms with Crippen molar-refractivity contribution >= 4 is 41.3 Å². The average molecular weight is 559 g/mol. The Bertz CT molecular complexity index is 792. The van der Waals surface area contributed by atoms with Crippen LogP contribution in [0.3, 0.4) is 0 Å². The predicted molar refractivity (Wildman–Crippen MR) is 140 cm³/mol. The molecule has 2 aromatic rings. The van der Waals surface area contributed by atoms with E-state index in [4.69, 9.17) is 19.5 Å². The Morgan fingerprint density at radius 1 is 1.23 bits per heavy atom. The summed E-state index contributed by atoms with van der Waals surface area (Å²) in [6, 6.07) is 10.4. The lowest BCUT2D eigenvalue weighted by molar-refractivity contribution is 0.00990. The molecule has 6 nitrogen and oxygen atoms in total. The van der Waals surface area contributed by atoms with Crippen molar-refractivity contribution in [2.75, 3.05) is 40.0 Å². The number of methoxy groups -OCH3 is 1. The Labute approximate surface area is 207 Å². The number of ether oxygens (including phenoxy) is 2. The van der Waals surface area contributed by atoms with E-state index in [1.54, 1.807) is 18.4 Å². The molecule has 172 valence electrons. The van der Waals surface area contributed by atoms with Gasteiger partial charge in [-0.3, -0.25) is 0 Å². The van der Waals surface area contributed by atoms with Crippen LogP contribution in [0.15, 0.2) is 35.3 Å². The molecule has 0 spiro atoms. The molecular formula is C23H35IN4O2S. The molecule has 8 heteroatoms. The molecule has 2 heterocycles. The number of aryl methyl sites for hydroxylation is 1. The van der Waals surface area contributed by atoms with E-state index in [-0.39, 0.29) is 24.0 Å². The Morgan fingerprint density at radius 2 is 1.97 bits per heavy atom. The van der Waals surface area contributed by atoms with Gasteiger partial charge in [0.15, 0.2) is 5.96 Å². The molecule has 1 fully saturated rings. The second-order valence-electron chi connectivity index (χ2n) is 7.47. The molecule has 0 aliphatic carbocycles. The Balaban J connectivity index is 0.00000341. The van der Waals surface area contributed by atoms with Crippen molar-refractivity contribution in [1.29, 1.82) is 0 Å². The maximum absolute atomic E-state index is 5.99. The van der Waals surface area contributed by atoms with Crippen molar-refractivity contribution in [2.24, 2.45) is 4.99 Å². The highest BCUT2D eigenvalue weighted by Crippen LogP contribution is 2.28. The maximum atomic E-state index is 5.99. The lowest BCUT2D eigenvalue weighted by Crippen LogP contribution is -2.47. The molecule has 0 unspecified atom stereocenters. The van der Waals surface area contributed by atoms with Gasteiger partial charge in [-0.15, -0.1) is 35.3 Å². The van der Waals surface area contributed by atoms with Gasteiger partial charge in [-0.2, -0.15) is 0 Å². The first-order chi connectivity index (χ1) is 14.7. The topological polar surface area (TPSA) is 59.0 Å². The van der Waals surface area contributed by atoms with Crippen LogP contribution in [0.5, 0.6) is 0 Å². The van der Waals surface area contributed by atoms with Crippen molar-refractivity contribution in [3.8, 4) is 10.6 Å². The summed E-state index contributed by atoms with van der Waals surface area (Å²) < 4.78 is 11.1. The Morgan fingerprint density at radius 3 is 2.65 bits per heavy atom. The third kappa shape index (κ3) is 8.00. The highest BCUT2D eigenvalue weighted by atomic mass is 127. The number of hydrogen-bond acceptors (Lipinski definition) is 5. The number of likely N-dealkylation sites (tertiary alicyclic amines) is 1. The predicted octanol–water partition coefficient (Wildman–Crippen LogP) is 4.72. The van der Waals surface area contributed by atoms with Gasteiger partial charge >= 0.3 is 0 Å². The van der Waals surface area contributed by atoms with Crippen molar-refractivity contribution in [1.82, 2.24) is 15.2 Å². The summed E-state index contributed by atoms with van der Waals surface area (Å²) in [4.78, 5) is 13.3.